The number of aromatic nitrogens is 1. The zero-order valence-corrected chi connectivity index (χ0v) is 18.4. The van der Waals surface area contributed by atoms with Gasteiger partial charge in [-0.1, -0.05) is 12.1 Å². The maximum absolute atomic E-state index is 12.8. The maximum atomic E-state index is 12.8. The smallest absolute Gasteiger partial charge is 0.412 e. The molecule has 150 valence electrons. The minimum absolute atomic E-state index is 0.209. The molecule has 1 aromatic carbocycles. The Bertz CT molecular complexity index is 809. The molecule has 2 heterocycles. The minimum Gasteiger partial charge on any atom is -0.444 e. The van der Waals surface area contributed by atoms with Crippen molar-refractivity contribution in [2.75, 3.05) is 18.6 Å². The molecule has 0 bridgehead atoms. The quantitative estimate of drug-likeness (QED) is 0.710. The van der Waals surface area contributed by atoms with E-state index in [4.69, 9.17) is 14.0 Å². The second-order valence-electron chi connectivity index (χ2n) is 8.46. The first-order chi connectivity index (χ1) is 12.4. The Hall–Kier alpha value is -1.35. The summed E-state index contributed by atoms with van der Waals surface area (Å²) in [6, 6.07) is 7.73. The first kappa shape index (κ1) is 20.4. The molecular formula is C19H29N2O4S2+. The third-order valence-electron chi connectivity index (χ3n) is 4.35. The molecule has 2 aromatic rings. The van der Waals surface area contributed by atoms with Gasteiger partial charge in [0.15, 0.2) is 4.34 Å². The lowest BCUT2D eigenvalue weighted by Crippen LogP contribution is -2.51. The Morgan fingerprint density at radius 2 is 2.11 bits per heavy atom. The molecule has 0 aliphatic carbocycles. The molecule has 1 amide bonds. The molecule has 1 unspecified atom stereocenters. The summed E-state index contributed by atoms with van der Waals surface area (Å²) >= 11 is 1.57. The van der Waals surface area contributed by atoms with Gasteiger partial charge in [0.25, 0.3) is 0 Å². The van der Waals surface area contributed by atoms with E-state index in [0.717, 1.165) is 14.6 Å². The van der Waals surface area contributed by atoms with Crippen LogP contribution in [0.3, 0.4) is 0 Å². The number of thiazole rings is 1. The van der Waals surface area contributed by atoms with Crippen molar-refractivity contribution in [3.05, 3.63) is 24.3 Å². The molecule has 3 rings (SSSR count). The second-order valence-corrected chi connectivity index (χ2v) is 12.6. The van der Waals surface area contributed by atoms with Crippen LogP contribution in [0.1, 0.15) is 34.6 Å². The molecule has 6 nitrogen and oxygen atoms in total. The van der Waals surface area contributed by atoms with E-state index in [2.05, 4.69) is 4.98 Å². The van der Waals surface area contributed by atoms with Crippen molar-refractivity contribution in [2.24, 2.45) is 0 Å². The van der Waals surface area contributed by atoms with Gasteiger partial charge in [0.05, 0.1) is 28.6 Å². The van der Waals surface area contributed by atoms with Gasteiger partial charge in [0.1, 0.15) is 11.3 Å². The summed E-state index contributed by atoms with van der Waals surface area (Å²) in [5.41, 5.74) is -0.406. The number of fused-ring (bicyclic) bond motifs is 1. The van der Waals surface area contributed by atoms with Crippen LogP contribution in [0.5, 0.6) is 0 Å². The number of carbonyl (C=O) groups excluding carboxylic acids is 1. The van der Waals surface area contributed by atoms with Crippen LogP contribution in [0.15, 0.2) is 28.6 Å². The Labute approximate surface area is 166 Å². The highest BCUT2D eigenvalue weighted by molar-refractivity contribution is 8.29. The van der Waals surface area contributed by atoms with E-state index in [1.165, 1.54) is 0 Å². The van der Waals surface area contributed by atoms with E-state index in [-0.39, 0.29) is 6.04 Å². The van der Waals surface area contributed by atoms with Crippen LogP contribution in [0, 0.1) is 0 Å². The lowest BCUT2D eigenvalue weighted by Gasteiger charge is -2.36. The number of hydrogen-bond acceptors (Lipinski definition) is 5. The van der Waals surface area contributed by atoms with Crippen molar-refractivity contribution in [2.45, 2.75) is 56.3 Å². The van der Waals surface area contributed by atoms with Crippen molar-refractivity contribution < 1.29 is 18.8 Å². The van der Waals surface area contributed by atoms with Crippen molar-refractivity contribution in [1.29, 1.82) is 0 Å². The van der Waals surface area contributed by atoms with E-state index < -0.39 is 27.7 Å². The zero-order valence-electron chi connectivity index (χ0n) is 16.7. The molecule has 8 heteroatoms. The number of nitrogens with zero attached hydrogens (tertiary/aromatic N) is 2. The number of carbonyl (C=O) groups is 1. The summed E-state index contributed by atoms with van der Waals surface area (Å²) in [7, 11) is -1.94. The largest absolute Gasteiger partial charge is 0.444 e. The Balaban J connectivity index is 1.84. The number of rotatable bonds is 3. The van der Waals surface area contributed by atoms with Gasteiger partial charge in [0, 0.05) is 16.6 Å². The van der Waals surface area contributed by atoms with E-state index in [0.29, 0.717) is 12.4 Å². The minimum atomic E-state index is -1.94. The molecule has 1 aliphatic heterocycles. The van der Waals surface area contributed by atoms with Crippen LogP contribution in [-0.2, 0) is 9.47 Å². The van der Waals surface area contributed by atoms with Crippen molar-refractivity contribution in [3.63, 3.8) is 0 Å². The number of benzene rings is 1. The van der Waals surface area contributed by atoms with Gasteiger partial charge < -0.3 is 14.0 Å². The van der Waals surface area contributed by atoms with Crippen molar-refractivity contribution >= 4 is 38.0 Å². The third-order valence-corrected chi connectivity index (χ3v) is 8.45. The lowest BCUT2D eigenvalue weighted by atomic mass is 10.2. The number of hydrogen-bond donors (Lipinski definition) is 0. The number of amides is 1. The van der Waals surface area contributed by atoms with Gasteiger partial charge in [0.2, 0.25) is 0 Å². The molecule has 1 aromatic heterocycles. The standard InChI is InChI=1S/C19H28N2O4S2/c1-18(2,3)25-17(22)21-13(11-24-19(21,4)5)12-27(6,23)16-20-14-9-7-8-10-15(14)26-16/h7-10,13,23H,11-12H2,1-6H3/p+1/t13-/m1/s1. The molecule has 1 fully saturated rings. The van der Waals surface area contributed by atoms with Gasteiger partial charge >= 0.3 is 6.09 Å². The summed E-state index contributed by atoms with van der Waals surface area (Å²) < 4.78 is 22.4. The summed E-state index contributed by atoms with van der Waals surface area (Å²) in [4.78, 5) is 19.2. The summed E-state index contributed by atoms with van der Waals surface area (Å²) in [6.45, 7) is 9.69. The van der Waals surface area contributed by atoms with Crippen LogP contribution in [-0.4, -0.2) is 56.5 Å². The summed E-state index contributed by atoms with van der Waals surface area (Å²) in [5.74, 6) is 0.509. The second kappa shape index (κ2) is 6.92. The summed E-state index contributed by atoms with van der Waals surface area (Å²) in [5, 5.41) is 0. The van der Waals surface area contributed by atoms with E-state index in [9.17, 15) is 4.79 Å². The highest BCUT2D eigenvalue weighted by Crippen LogP contribution is 2.53. The predicted octanol–water partition coefficient (Wildman–Crippen LogP) is 4.10. The summed E-state index contributed by atoms with van der Waals surface area (Å²) in [6.07, 6.45) is 1.54. The predicted molar refractivity (Wildman–Crippen MR) is 112 cm³/mol. The monoisotopic (exact) mass is 413 g/mol. The van der Waals surface area contributed by atoms with Gasteiger partial charge in [-0.3, -0.25) is 4.90 Å². The zero-order chi connectivity index (χ0) is 20.0. The topological polar surface area (TPSA) is 74.6 Å². The van der Waals surface area contributed by atoms with Crippen LogP contribution in [0.25, 0.3) is 10.2 Å². The average Bonchev–Trinajstić information content (AvgIpc) is 3.06. The molecule has 0 radical (unpaired) electrons. The lowest BCUT2D eigenvalue weighted by molar-refractivity contribution is -0.0617. The highest BCUT2D eigenvalue weighted by atomic mass is 32.3. The van der Waals surface area contributed by atoms with Crippen molar-refractivity contribution in [1.82, 2.24) is 9.88 Å². The molecule has 0 saturated carbocycles. The van der Waals surface area contributed by atoms with Crippen molar-refractivity contribution in [3.8, 4) is 0 Å². The first-order valence-electron chi connectivity index (χ1n) is 8.92. The fourth-order valence-electron chi connectivity index (χ4n) is 3.19. The SMILES string of the molecule is CC(C)(C)OC(=O)N1[C@@H](CS(C)([OH2+])c2nc3ccccc3s2)COC1(C)C. The van der Waals surface area contributed by atoms with Gasteiger partial charge in [-0.05, 0) is 46.8 Å². The van der Waals surface area contributed by atoms with Crippen LogP contribution in [0.4, 0.5) is 4.79 Å². The Kier molecular flexibility index (Phi) is 5.22. The van der Waals surface area contributed by atoms with Crippen LogP contribution >= 0.6 is 21.6 Å². The highest BCUT2D eigenvalue weighted by Gasteiger charge is 2.48. The van der Waals surface area contributed by atoms with E-state index in [1.54, 1.807) is 16.2 Å². The Morgan fingerprint density at radius 3 is 2.74 bits per heavy atom. The van der Waals surface area contributed by atoms with Crippen LogP contribution in [0.2, 0.25) is 0 Å². The first-order valence-corrected chi connectivity index (χ1v) is 11.9. The maximum Gasteiger partial charge on any atom is 0.412 e. The Morgan fingerprint density at radius 1 is 1.44 bits per heavy atom. The fourth-order valence-corrected chi connectivity index (χ4v) is 6.55. The normalized spacial score (nSPS) is 23.2. The van der Waals surface area contributed by atoms with Gasteiger partial charge in [-0.15, -0.1) is 11.3 Å². The van der Waals surface area contributed by atoms with Gasteiger partial charge in [-0.2, -0.15) is 0 Å². The molecule has 1 saturated heterocycles. The third kappa shape index (κ3) is 4.39. The van der Waals surface area contributed by atoms with Crippen LogP contribution < -0.4 is 0 Å². The molecular weight excluding hydrogens is 384 g/mol. The molecule has 1 aliphatic rings. The van der Waals surface area contributed by atoms with E-state index in [1.807, 2.05) is 65.1 Å². The molecule has 2 atom stereocenters. The van der Waals surface area contributed by atoms with Gasteiger partial charge in [-0.25, -0.2) is 9.78 Å². The molecule has 0 spiro atoms. The van der Waals surface area contributed by atoms with E-state index >= 15 is 0 Å². The molecule has 2 N–H and O–H groups in total. The average molecular weight is 414 g/mol. The number of para-hydroxylation sites is 1. The fraction of sp³-hybridized carbons (Fsp3) is 0.579. The molecule has 27 heavy (non-hydrogen) atoms. The number of ether oxygens (including phenoxy) is 2.